The van der Waals surface area contributed by atoms with Gasteiger partial charge in [0.15, 0.2) is 0 Å². The van der Waals surface area contributed by atoms with Crippen molar-refractivity contribution in [2.75, 3.05) is 12.0 Å². The number of hydrogen-bond donors (Lipinski definition) is 2. The molecule has 0 aliphatic carbocycles. The first-order chi connectivity index (χ1) is 15.7. The van der Waals surface area contributed by atoms with Gasteiger partial charge in [-0.15, -0.1) is 0 Å². The third-order valence-electron chi connectivity index (χ3n) is 5.23. The number of methoxy groups -OCH3 is 1. The normalized spacial score (nSPS) is 17.5. The van der Waals surface area contributed by atoms with E-state index in [0.29, 0.717) is 16.3 Å². The van der Waals surface area contributed by atoms with E-state index in [4.69, 9.17) is 39.5 Å². The van der Waals surface area contributed by atoms with Gasteiger partial charge in [0.05, 0.1) is 29.3 Å². The van der Waals surface area contributed by atoms with Crippen molar-refractivity contribution in [1.29, 1.82) is 0 Å². The van der Waals surface area contributed by atoms with Crippen LogP contribution in [-0.2, 0) is 9.59 Å². The van der Waals surface area contributed by atoms with Gasteiger partial charge in [-0.3, -0.25) is 14.5 Å². The molecule has 1 saturated heterocycles. The fraction of sp³-hybridized carbons (Fsp3) is 0.0833. The highest BCUT2D eigenvalue weighted by Crippen LogP contribution is 2.45. The molecule has 0 bridgehead atoms. The standard InChI is InChI=1S/C24H16Cl3NO5/c1-33-23-17(10-14(26)11-18(23)27)21(30)19-20(12-2-8-16(29)9-3-12)28(24(32)22(19)31)15-6-4-13(25)5-7-15/h2-11,20,29-30H,1H3/b21-19+. The maximum Gasteiger partial charge on any atom is 0.300 e. The number of aliphatic hydroxyl groups is 1. The van der Waals surface area contributed by atoms with Crippen LogP contribution in [0.5, 0.6) is 11.5 Å². The van der Waals surface area contributed by atoms with Gasteiger partial charge in [-0.05, 0) is 54.1 Å². The number of halogens is 3. The summed E-state index contributed by atoms with van der Waals surface area (Å²) in [7, 11) is 1.36. The monoisotopic (exact) mass is 503 g/mol. The number of Topliss-reactive ketones (excluding diaryl/α,β-unsaturated/α-hetero) is 1. The molecule has 3 aromatic rings. The minimum atomic E-state index is -1.01. The zero-order chi connectivity index (χ0) is 23.9. The number of amides is 1. The number of ketones is 1. The summed E-state index contributed by atoms with van der Waals surface area (Å²) >= 11 is 18.3. The van der Waals surface area contributed by atoms with Crippen LogP contribution in [0, 0.1) is 0 Å². The molecule has 1 aliphatic heterocycles. The second kappa shape index (κ2) is 8.98. The van der Waals surface area contributed by atoms with Crippen LogP contribution in [0.15, 0.2) is 66.2 Å². The van der Waals surface area contributed by atoms with Crippen LogP contribution < -0.4 is 9.64 Å². The summed E-state index contributed by atoms with van der Waals surface area (Å²) in [5.74, 6) is -2.14. The lowest BCUT2D eigenvalue weighted by Crippen LogP contribution is -2.29. The Kier molecular flexibility index (Phi) is 6.26. The molecule has 168 valence electrons. The van der Waals surface area contributed by atoms with Crippen molar-refractivity contribution in [2.45, 2.75) is 6.04 Å². The van der Waals surface area contributed by atoms with E-state index in [2.05, 4.69) is 0 Å². The van der Waals surface area contributed by atoms with E-state index in [0.717, 1.165) is 0 Å². The van der Waals surface area contributed by atoms with Crippen molar-refractivity contribution in [2.24, 2.45) is 0 Å². The third kappa shape index (κ3) is 4.13. The zero-order valence-electron chi connectivity index (χ0n) is 17.1. The molecule has 4 rings (SSSR count). The van der Waals surface area contributed by atoms with Gasteiger partial charge >= 0.3 is 0 Å². The number of aromatic hydroxyl groups is 1. The number of hydrogen-bond acceptors (Lipinski definition) is 5. The number of rotatable bonds is 4. The summed E-state index contributed by atoms with van der Waals surface area (Å²) < 4.78 is 5.31. The summed E-state index contributed by atoms with van der Waals surface area (Å²) in [6, 6.07) is 14.2. The third-order valence-corrected chi connectivity index (χ3v) is 5.98. The van der Waals surface area contributed by atoms with Gasteiger partial charge in [-0.1, -0.05) is 46.9 Å². The van der Waals surface area contributed by atoms with Gasteiger partial charge < -0.3 is 14.9 Å². The maximum atomic E-state index is 13.2. The number of nitrogens with zero attached hydrogens (tertiary/aromatic N) is 1. The predicted octanol–water partition coefficient (Wildman–Crippen LogP) is 5.99. The molecule has 6 nitrogen and oxygen atoms in total. The number of carbonyl (C=O) groups is 2. The lowest BCUT2D eigenvalue weighted by atomic mass is 9.94. The maximum absolute atomic E-state index is 13.2. The molecule has 1 unspecified atom stereocenters. The van der Waals surface area contributed by atoms with Crippen LogP contribution in [0.1, 0.15) is 17.2 Å². The fourth-order valence-electron chi connectivity index (χ4n) is 3.76. The van der Waals surface area contributed by atoms with E-state index >= 15 is 0 Å². The Morgan fingerprint density at radius 3 is 2.18 bits per heavy atom. The first-order valence-corrected chi connectivity index (χ1v) is 10.7. The Morgan fingerprint density at radius 2 is 1.58 bits per heavy atom. The van der Waals surface area contributed by atoms with Crippen LogP contribution >= 0.6 is 34.8 Å². The molecule has 33 heavy (non-hydrogen) atoms. The molecule has 1 aliphatic rings. The number of benzene rings is 3. The van der Waals surface area contributed by atoms with Crippen molar-refractivity contribution in [3.63, 3.8) is 0 Å². The molecule has 1 heterocycles. The summed E-state index contributed by atoms with van der Waals surface area (Å²) in [6.45, 7) is 0. The molecule has 1 amide bonds. The molecule has 1 fully saturated rings. The highest BCUT2D eigenvalue weighted by atomic mass is 35.5. The Balaban J connectivity index is 2.00. The molecular weight excluding hydrogens is 489 g/mol. The average Bonchev–Trinajstić information content (AvgIpc) is 3.04. The second-order valence-electron chi connectivity index (χ2n) is 7.21. The van der Waals surface area contributed by atoms with Gasteiger partial charge in [-0.25, -0.2) is 0 Å². The van der Waals surface area contributed by atoms with Gasteiger partial charge in [0.2, 0.25) is 0 Å². The van der Waals surface area contributed by atoms with Crippen LogP contribution in [0.4, 0.5) is 5.69 Å². The number of phenols is 1. The number of anilines is 1. The van der Waals surface area contributed by atoms with Crippen LogP contribution in [0.25, 0.3) is 5.76 Å². The van der Waals surface area contributed by atoms with Crippen molar-refractivity contribution >= 4 is 57.9 Å². The van der Waals surface area contributed by atoms with Crippen LogP contribution in [-0.4, -0.2) is 29.0 Å². The Labute approximate surface area is 204 Å². The minimum Gasteiger partial charge on any atom is -0.508 e. The largest absolute Gasteiger partial charge is 0.508 e. The van der Waals surface area contributed by atoms with Crippen LogP contribution in [0.3, 0.4) is 0 Å². The Bertz CT molecular complexity index is 1290. The minimum absolute atomic E-state index is 0.00508. The quantitative estimate of drug-likeness (QED) is 0.259. The molecule has 0 aromatic heterocycles. The van der Waals surface area contributed by atoms with E-state index in [1.54, 1.807) is 36.4 Å². The van der Waals surface area contributed by atoms with Crippen molar-refractivity contribution in [3.8, 4) is 11.5 Å². The van der Waals surface area contributed by atoms with E-state index in [-0.39, 0.29) is 32.7 Å². The van der Waals surface area contributed by atoms with Gasteiger partial charge in [0.25, 0.3) is 11.7 Å². The van der Waals surface area contributed by atoms with E-state index in [9.17, 15) is 19.8 Å². The van der Waals surface area contributed by atoms with Crippen molar-refractivity contribution in [1.82, 2.24) is 0 Å². The number of phenolic OH excluding ortho intramolecular Hbond substituents is 1. The zero-order valence-corrected chi connectivity index (χ0v) is 19.3. The highest BCUT2D eigenvalue weighted by Gasteiger charge is 2.47. The van der Waals surface area contributed by atoms with E-state index in [1.807, 2.05) is 0 Å². The summed E-state index contributed by atoms with van der Waals surface area (Å²) in [6.07, 6.45) is 0. The highest BCUT2D eigenvalue weighted by molar-refractivity contribution is 6.52. The smallest absolute Gasteiger partial charge is 0.300 e. The SMILES string of the molecule is COc1c(Cl)cc(Cl)cc1/C(O)=C1\C(=O)C(=O)N(c2ccc(Cl)cc2)C1c1ccc(O)cc1. The van der Waals surface area contributed by atoms with Crippen molar-refractivity contribution in [3.05, 3.63) is 92.4 Å². The molecule has 1 atom stereocenters. The number of aliphatic hydroxyl groups excluding tert-OH is 1. The Hall–Kier alpha value is -3.19. The fourth-order valence-corrected chi connectivity index (χ4v) is 4.46. The van der Waals surface area contributed by atoms with Gasteiger partial charge in [0.1, 0.15) is 17.3 Å². The van der Waals surface area contributed by atoms with Gasteiger partial charge in [-0.2, -0.15) is 0 Å². The van der Waals surface area contributed by atoms with E-state index in [1.165, 1.54) is 36.3 Å². The average molecular weight is 505 g/mol. The molecule has 0 radical (unpaired) electrons. The number of ether oxygens (including phenoxy) is 1. The lowest BCUT2D eigenvalue weighted by molar-refractivity contribution is -0.132. The topological polar surface area (TPSA) is 87.1 Å². The molecular formula is C24H16Cl3NO5. The summed E-state index contributed by atoms with van der Waals surface area (Å²) in [4.78, 5) is 27.6. The lowest BCUT2D eigenvalue weighted by Gasteiger charge is -2.25. The molecule has 0 saturated carbocycles. The number of carbonyl (C=O) groups excluding carboxylic acids is 2. The van der Waals surface area contributed by atoms with E-state index < -0.39 is 23.5 Å². The first kappa shape index (κ1) is 23.0. The summed E-state index contributed by atoms with van der Waals surface area (Å²) in [5, 5.41) is 21.8. The Morgan fingerprint density at radius 1 is 0.939 bits per heavy atom. The van der Waals surface area contributed by atoms with Gasteiger partial charge in [0, 0.05) is 15.7 Å². The van der Waals surface area contributed by atoms with Crippen LogP contribution in [0.2, 0.25) is 15.1 Å². The molecule has 2 N–H and O–H groups in total. The second-order valence-corrected chi connectivity index (χ2v) is 8.49. The predicted molar refractivity (Wildman–Crippen MR) is 127 cm³/mol. The molecule has 9 heteroatoms. The first-order valence-electron chi connectivity index (χ1n) is 9.61. The molecule has 0 spiro atoms. The molecule has 3 aromatic carbocycles. The summed E-state index contributed by atoms with van der Waals surface area (Å²) in [5.41, 5.74) is 0.760. The van der Waals surface area contributed by atoms with Crippen molar-refractivity contribution < 1.29 is 24.5 Å².